The Morgan fingerprint density at radius 1 is 0.905 bits per heavy atom. The van der Waals surface area contributed by atoms with Crippen LogP contribution in [0.25, 0.3) is 10.8 Å². The van der Waals surface area contributed by atoms with Gasteiger partial charge in [-0.2, -0.15) is 0 Å². The molecular formula is C19H17NO. The van der Waals surface area contributed by atoms with E-state index in [1.54, 1.807) is 0 Å². The van der Waals surface area contributed by atoms with Crippen LogP contribution in [-0.4, -0.2) is 5.11 Å². The average molecular weight is 275 g/mol. The number of aliphatic hydroxyl groups is 1. The first-order valence-electron chi connectivity index (χ1n) is 7.31. The molecule has 3 N–H and O–H groups in total. The van der Waals surface area contributed by atoms with Crippen LogP contribution in [0.1, 0.15) is 28.4 Å². The number of aryl methyl sites for hydroxylation is 2. The highest BCUT2D eigenvalue weighted by molar-refractivity contribution is 5.93. The topological polar surface area (TPSA) is 46.2 Å². The number of nitrogens with two attached hydrogens (primary N) is 1. The zero-order valence-corrected chi connectivity index (χ0v) is 11.7. The maximum atomic E-state index is 10.8. The Hall–Kier alpha value is -2.32. The molecule has 0 bridgehead atoms. The highest BCUT2D eigenvalue weighted by Gasteiger charge is 2.19. The van der Waals surface area contributed by atoms with Crippen molar-refractivity contribution in [2.45, 2.75) is 18.9 Å². The fraction of sp³-hybridized carbons (Fsp3) is 0.158. The van der Waals surface area contributed by atoms with Crippen LogP contribution >= 0.6 is 0 Å². The fourth-order valence-corrected chi connectivity index (χ4v) is 3.42. The molecular weight excluding hydrogens is 258 g/mol. The van der Waals surface area contributed by atoms with Gasteiger partial charge in [-0.05, 0) is 58.0 Å². The number of hydrogen-bond acceptors (Lipinski definition) is 2. The molecule has 0 saturated carbocycles. The molecule has 1 unspecified atom stereocenters. The predicted octanol–water partition coefficient (Wildman–Crippen LogP) is 3.60. The van der Waals surface area contributed by atoms with Crippen molar-refractivity contribution >= 4 is 16.5 Å². The summed E-state index contributed by atoms with van der Waals surface area (Å²) in [5.41, 5.74) is 11.1. The third-order valence-electron chi connectivity index (χ3n) is 4.43. The predicted molar refractivity (Wildman–Crippen MR) is 86.3 cm³/mol. The third-order valence-corrected chi connectivity index (χ3v) is 4.43. The van der Waals surface area contributed by atoms with Crippen molar-refractivity contribution in [3.05, 3.63) is 76.9 Å². The largest absolute Gasteiger partial charge is 0.399 e. The molecule has 0 fully saturated rings. The summed E-state index contributed by atoms with van der Waals surface area (Å²) in [6.07, 6.45) is 1.56. The standard InChI is InChI=1S/C19H17NO/c20-15-5-1-4-14(11-15)19(21)17-10-9-13-8-7-12-3-2-6-16(17)18(12)13/h1-6,9-11,19,21H,7-8,20H2. The van der Waals surface area contributed by atoms with Crippen molar-refractivity contribution in [2.24, 2.45) is 0 Å². The summed E-state index contributed by atoms with van der Waals surface area (Å²) in [5.74, 6) is 0. The first-order valence-corrected chi connectivity index (χ1v) is 7.31. The van der Waals surface area contributed by atoms with Crippen LogP contribution in [0.4, 0.5) is 5.69 Å². The van der Waals surface area contributed by atoms with Crippen molar-refractivity contribution < 1.29 is 5.11 Å². The Balaban J connectivity index is 1.92. The van der Waals surface area contributed by atoms with Gasteiger partial charge in [0.05, 0.1) is 0 Å². The van der Waals surface area contributed by atoms with Crippen LogP contribution in [0.2, 0.25) is 0 Å². The van der Waals surface area contributed by atoms with Crippen molar-refractivity contribution in [1.82, 2.24) is 0 Å². The van der Waals surface area contributed by atoms with Gasteiger partial charge in [0.2, 0.25) is 0 Å². The first kappa shape index (κ1) is 12.4. The second kappa shape index (κ2) is 4.61. The van der Waals surface area contributed by atoms with Crippen molar-refractivity contribution in [1.29, 1.82) is 0 Å². The van der Waals surface area contributed by atoms with Gasteiger partial charge in [0.15, 0.2) is 0 Å². The molecule has 0 spiro atoms. The molecule has 2 nitrogen and oxygen atoms in total. The molecule has 1 atom stereocenters. The average Bonchev–Trinajstić information content (AvgIpc) is 2.92. The van der Waals surface area contributed by atoms with Gasteiger partial charge >= 0.3 is 0 Å². The maximum absolute atomic E-state index is 10.8. The summed E-state index contributed by atoms with van der Waals surface area (Å²) in [6.45, 7) is 0. The van der Waals surface area contributed by atoms with Gasteiger partial charge < -0.3 is 10.8 Å². The van der Waals surface area contributed by atoms with Crippen LogP contribution in [0.5, 0.6) is 0 Å². The van der Waals surface area contributed by atoms with Gasteiger partial charge in [-0.25, -0.2) is 0 Å². The molecule has 0 heterocycles. The van der Waals surface area contributed by atoms with Crippen LogP contribution < -0.4 is 5.73 Å². The lowest BCUT2D eigenvalue weighted by Crippen LogP contribution is -2.02. The molecule has 4 rings (SSSR count). The monoisotopic (exact) mass is 275 g/mol. The van der Waals surface area contributed by atoms with Gasteiger partial charge in [-0.1, -0.05) is 42.5 Å². The van der Waals surface area contributed by atoms with Crippen LogP contribution in [0, 0.1) is 0 Å². The summed E-state index contributed by atoms with van der Waals surface area (Å²) in [4.78, 5) is 0. The van der Waals surface area contributed by atoms with Crippen molar-refractivity contribution in [3.63, 3.8) is 0 Å². The van der Waals surface area contributed by atoms with Crippen LogP contribution in [0.15, 0.2) is 54.6 Å². The van der Waals surface area contributed by atoms with E-state index in [0.717, 1.165) is 29.4 Å². The molecule has 3 aromatic rings. The zero-order chi connectivity index (χ0) is 14.4. The van der Waals surface area contributed by atoms with Gasteiger partial charge in [0, 0.05) is 5.69 Å². The minimum Gasteiger partial charge on any atom is -0.399 e. The van der Waals surface area contributed by atoms with E-state index in [1.165, 1.54) is 16.5 Å². The summed E-state index contributed by atoms with van der Waals surface area (Å²) in [7, 11) is 0. The number of benzene rings is 3. The lowest BCUT2D eigenvalue weighted by Gasteiger charge is -2.16. The van der Waals surface area contributed by atoms with Crippen LogP contribution in [-0.2, 0) is 12.8 Å². The van der Waals surface area contributed by atoms with E-state index in [2.05, 4.69) is 30.3 Å². The molecule has 0 aliphatic heterocycles. The molecule has 2 heteroatoms. The Labute approximate surface area is 123 Å². The molecule has 104 valence electrons. The van der Waals surface area contributed by atoms with E-state index in [0.29, 0.717) is 5.69 Å². The highest BCUT2D eigenvalue weighted by Crippen LogP contribution is 2.36. The molecule has 0 amide bonds. The van der Waals surface area contributed by atoms with Gasteiger partial charge in [-0.3, -0.25) is 0 Å². The third kappa shape index (κ3) is 1.91. The summed E-state index contributed by atoms with van der Waals surface area (Å²) in [5, 5.41) is 13.3. The number of nitrogen functional groups attached to an aromatic ring is 1. The summed E-state index contributed by atoms with van der Waals surface area (Å²) >= 11 is 0. The Morgan fingerprint density at radius 2 is 1.67 bits per heavy atom. The number of hydrogen-bond donors (Lipinski definition) is 2. The summed E-state index contributed by atoms with van der Waals surface area (Å²) < 4.78 is 0. The molecule has 21 heavy (non-hydrogen) atoms. The minimum absolute atomic E-state index is 0.640. The lowest BCUT2D eigenvalue weighted by molar-refractivity contribution is 0.222. The number of anilines is 1. The highest BCUT2D eigenvalue weighted by atomic mass is 16.3. The second-order valence-electron chi connectivity index (χ2n) is 5.73. The molecule has 3 aromatic carbocycles. The van der Waals surface area contributed by atoms with Crippen molar-refractivity contribution in [3.8, 4) is 0 Å². The number of rotatable bonds is 2. The Morgan fingerprint density at radius 3 is 2.48 bits per heavy atom. The normalized spacial score (nSPS) is 14.5. The first-order chi connectivity index (χ1) is 10.2. The van der Waals surface area contributed by atoms with E-state index in [1.807, 2.05) is 24.3 Å². The van der Waals surface area contributed by atoms with E-state index < -0.39 is 6.10 Å². The van der Waals surface area contributed by atoms with Gasteiger partial charge in [0.25, 0.3) is 0 Å². The van der Waals surface area contributed by atoms with Crippen LogP contribution in [0.3, 0.4) is 0 Å². The molecule has 1 aliphatic carbocycles. The van der Waals surface area contributed by atoms with E-state index in [-0.39, 0.29) is 0 Å². The SMILES string of the molecule is Nc1cccc(C(O)c2ccc3c4c(cccc24)CC3)c1. The smallest absolute Gasteiger partial charge is 0.105 e. The lowest BCUT2D eigenvalue weighted by atomic mass is 9.93. The Kier molecular flexibility index (Phi) is 2.72. The second-order valence-corrected chi connectivity index (χ2v) is 5.73. The number of aliphatic hydroxyl groups excluding tert-OH is 1. The molecule has 0 aromatic heterocycles. The van der Waals surface area contributed by atoms with Gasteiger partial charge in [0.1, 0.15) is 6.10 Å². The van der Waals surface area contributed by atoms with E-state index in [9.17, 15) is 5.11 Å². The summed E-state index contributed by atoms with van der Waals surface area (Å²) in [6, 6.07) is 18.1. The quantitative estimate of drug-likeness (QED) is 0.702. The van der Waals surface area contributed by atoms with Crippen molar-refractivity contribution in [2.75, 3.05) is 5.73 Å². The minimum atomic E-state index is -0.640. The Bertz CT molecular complexity index is 828. The maximum Gasteiger partial charge on any atom is 0.105 e. The van der Waals surface area contributed by atoms with E-state index in [4.69, 9.17) is 5.73 Å². The molecule has 1 aliphatic rings. The molecule has 0 saturated heterocycles. The van der Waals surface area contributed by atoms with Gasteiger partial charge in [-0.15, -0.1) is 0 Å². The fourth-order valence-electron chi connectivity index (χ4n) is 3.42. The molecule has 0 radical (unpaired) electrons. The zero-order valence-electron chi connectivity index (χ0n) is 11.7. The van der Waals surface area contributed by atoms with E-state index >= 15 is 0 Å².